The summed E-state index contributed by atoms with van der Waals surface area (Å²) in [7, 11) is 0. The zero-order valence-corrected chi connectivity index (χ0v) is 10.3. The Hall–Kier alpha value is -0.990. The predicted octanol–water partition coefficient (Wildman–Crippen LogP) is 4.84. The molecule has 0 unspecified atom stereocenters. The predicted molar refractivity (Wildman–Crippen MR) is 64.3 cm³/mol. The van der Waals surface area contributed by atoms with Crippen molar-refractivity contribution in [1.29, 1.82) is 0 Å². The highest BCUT2D eigenvalue weighted by molar-refractivity contribution is 5.28. The lowest BCUT2D eigenvalue weighted by Gasteiger charge is -2.54. The first-order valence-electron chi connectivity index (χ1n) is 6.60. The van der Waals surface area contributed by atoms with Crippen LogP contribution in [0.4, 0.5) is 13.2 Å². The molecule has 2 bridgehead atoms. The molecule has 3 fully saturated rings. The largest absolute Gasteiger partial charge is 0.394 e. The summed E-state index contributed by atoms with van der Waals surface area (Å²) < 4.78 is 39.4. The SMILES string of the molecule is FC(F)(F)C12CCC(c3ccccc3)(CC1)CC2. The van der Waals surface area contributed by atoms with Crippen molar-refractivity contribution in [2.45, 2.75) is 50.1 Å². The molecular weight excluding hydrogens is 237 g/mol. The summed E-state index contributed by atoms with van der Waals surface area (Å²) in [5, 5.41) is 0. The third-order valence-electron chi connectivity index (χ3n) is 5.23. The van der Waals surface area contributed by atoms with Crippen molar-refractivity contribution < 1.29 is 13.2 Å². The highest BCUT2D eigenvalue weighted by Gasteiger charge is 2.61. The van der Waals surface area contributed by atoms with Crippen LogP contribution in [0.3, 0.4) is 0 Å². The Morgan fingerprint density at radius 2 is 1.28 bits per heavy atom. The minimum Gasteiger partial charge on any atom is -0.171 e. The van der Waals surface area contributed by atoms with Gasteiger partial charge in [-0.1, -0.05) is 30.3 Å². The lowest BCUT2D eigenvalue weighted by molar-refractivity contribution is -0.253. The monoisotopic (exact) mass is 254 g/mol. The highest BCUT2D eigenvalue weighted by Crippen LogP contribution is 2.63. The van der Waals surface area contributed by atoms with E-state index >= 15 is 0 Å². The smallest absolute Gasteiger partial charge is 0.171 e. The Morgan fingerprint density at radius 3 is 1.72 bits per heavy atom. The van der Waals surface area contributed by atoms with Gasteiger partial charge in [-0.15, -0.1) is 0 Å². The van der Waals surface area contributed by atoms with E-state index in [0.29, 0.717) is 38.5 Å². The topological polar surface area (TPSA) is 0 Å². The molecule has 18 heavy (non-hydrogen) atoms. The van der Waals surface area contributed by atoms with E-state index in [0.717, 1.165) is 0 Å². The van der Waals surface area contributed by atoms with E-state index in [1.807, 2.05) is 18.2 Å². The Morgan fingerprint density at radius 1 is 0.778 bits per heavy atom. The maximum absolute atomic E-state index is 13.1. The zero-order chi connectivity index (χ0) is 12.9. The first kappa shape index (κ1) is 12.1. The van der Waals surface area contributed by atoms with E-state index in [-0.39, 0.29) is 5.41 Å². The molecule has 0 aromatic heterocycles. The Balaban J connectivity index is 1.88. The van der Waals surface area contributed by atoms with Gasteiger partial charge in [-0.05, 0) is 49.5 Å². The quantitative estimate of drug-likeness (QED) is 0.672. The van der Waals surface area contributed by atoms with E-state index in [1.165, 1.54) is 5.56 Å². The zero-order valence-electron chi connectivity index (χ0n) is 10.3. The molecule has 1 aromatic rings. The fourth-order valence-electron chi connectivity index (χ4n) is 3.84. The molecule has 0 saturated heterocycles. The standard InChI is InChI=1S/C15H17F3/c16-15(17,18)14-9-6-13(7-10-14,8-11-14)12-4-2-1-3-5-12/h1-5H,6-11H2. The van der Waals surface area contributed by atoms with Crippen LogP contribution in [0.5, 0.6) is 0 Å². The van der Waals surface area contributed by atoms with E-state index < -0.39 is 11.6 Å². The van der Waals surface area contributed by atoms with Gasteiger partial charge in [0.15, 0.2) is 0 Å². The molecule has 0 spiro atoms. The Labute approximate surface area is 105 Å². The molecule has 0 aliphatic heterocycles. The summed E-state index contributed by atoms with van der Waals surface area (Å²) in [6, 6.07) is 10.1. The highest BCUT2D eigenvalue weighted by atomic mass is 19.4. The third kappa shape index (κ3) is 1.59. The van der Waals surface area contributed by atoms with Gasteiger partial charge in [-0.25, -0.2) is 0 Å². The summed E-state index contributed by atoms with van der Waals surface area (Å²) in [4.78, 5) is 0. The number of alkyl halides is 3. The molecule has 0 N–H and O–H groups in total. The van der Waals surface area contributed by atoms with Crippen LogP contribution in [0, 0.1) is 5.41 Å². The number of fused-ring (bicyclic) bond motifs is 3. The summed E-state index contributed by atoms with van der Waals surface area (Å²) in [5.74, 6) is 0. The number of rotatable bonds is 1. The van der Waals surface area contributed by atoms with Crippen LogP contribution in [-0.2, 0) is 5.41 Å². The summed E-state index contributed by atoms with van der Waals surface area (Å²) >= 11 is 0. The van der Waals surface area contributed by atoms with Gasteiger partial charge in [-0.3, -0.25) is 0 Å². The van der Waals surface area contributed by atoms with E-state index in [1.54, 1.807) is 0 Å². The van der Waals surface area contributed by atoms with Crippen molar-refractivity contribution >= 4 is 0 Å². The van der Waals surface area contributed by atoms with Crippen molar-refractivity contribution in [2.24, 2.45) is 5.41 Å². The molecule has 0 nitrogen and oxygen atoms in total. The average Bonchev–Trinajstić information content (AvgIpc) is 2.41. The van der Waals surface area contributed by atoms with Crippen molar-refractivity contribution in [3.8, 4) is 0 Å². The first-order chi connectivity index (χ1) is 8.48. The molecular formula is C15H17F3. The van der Waals surface area contributed by atoms with Gasteiger partial charge in [0.2, 0.25) is 0 Å². The van der Waals surface area contributed by atoms with Crippen molar-refractivity contribution in [1.82, 2.24) is 0 Å². The molecule has 1 aromatic carbocycles. The Bertz CT molecular complexity index is 408. The second-order valence-corrected chi connectivity index (χ2v) is 5.92. The average molecular weight is 254 g/mol. The molecule has 0 heterocycles. The van der Waals surface area contributed by atoms with Crippen LogP contribution < -0.4 is 0 Å². The normalized spacial score (nSPS) is 35.7. The fraction of sp³-hybridized carbons (Fsp3) is 0.600. The van der Waals surface area contributed by atoms with Gasteiger partial charge in [0.25, 0.3) is 0 Å². The van der Waals surface area contributed by atoms with Crippen LogP contribution in [0.25, 0.3) is 0 Å². The van der Waals surface area contributed by atoms with Crippen LogP contribution >= 0.6 is 0 Å². The fourth-order valence-corrected chi connectivity index (χ4v) is 3.84. The third-order valence-corrected chi connectivity index (χ3v) is 5.23. The van der Waals surface area contributed by atoms with E-state index in [2.05, 4.69) is 12.1 Å². The van der Waals surface area contributed by atoms with Gasteiger partial charge in [0, 0.05) is 0 Å². The van der Waals surface area contributed by atoms with Gasteiger partial charge in [0.1, 0.15) is 0 Å². The summed E-state index contributed by atoms with van der Waals surface area (Å²) in [6.07, 6.45) is -1.01. The number of hydrogen-bond donors (Lipinski definition) is 0. The second-order valence-electron chi connectivity index (χ2n) is 5.92. The molecule has 0 radical (unpaired) electrons. The number of halogens is 3. The van der Waals surface area contributed by atoms with Gasteiger partial charge in [0.05, 0.1) is 5.41 Å². The van der Waals surface area contributed by atoms with E-state index in [4.69, 9.17) is 0 Å². The van der Waals surface area contributed by atoms with Gasteiger partial charge < -0.3 is 0 Å². The van der Waals surface area contributed by atoms with Crippen LogP contribution in [0.15, 0.2) is 30.3 Å². The van der Waals surface area contributed by atoms with Crippen LogP contribution in [0.2, 0.25) is 0 Å². The summed E-state index contributed by atoms with van der Waals surface area (Å²) in [6.45, 7) is 0. The molecule has 3 saturated carbocycles. The first-order valence-corrected chi connectivity index (χ1v) is 6.60. The van der Waals surface area contributed by atoms with E-state index in [9.17, 15) is 13.2 Å². The van der Waals surface area contributed by atoms with Gasteiger partial charge in [-0.2, -0.15) is 13.2 Å². The summed E-state index contributed by atoms with van der Waals surface area (Å²) in [5.41, 5.74) is -0.113. The second kappa shape index (κ2) is 3.75. The molecule has 4 rings (SSSR count). The van der Waals surface area contributed by atoms with Crippen molar-refractivity contribution in [3.63, 3.8) is 0 Å². The number of hydrogen-bond acceptors (Lipinski definition) is 0. The minimum absolute atomic E-state index is 0.0221. The molecule has 3 heteroatoms. The Kier molecular flexibility index (Phi) is 2.51. The maximum Gasteiger partial charge on any atom is 0.394 e. The van der Waals surface area contributed by atoms with Crippen molar-refractivity contribution in [3.05, 3.63) is 35.9 Å². The lowest BCUT2D eigenvalue weighted by Crippen LogP contribution is -2.51. The lowest BCUT2D eigenvalue weighted by atomic mass is 9.51. The van der Waals surface area contributed by atoms with Gasteiger partial charge >= 0.3 is 6.18 Å². The molecule has 0 amide bonds. The molecule has 0 atom stereocenters. The minimum atomic E-state index is -4.02. The maximum atomic E-state index is 13.1. The molecule has 98 valence electrons. The number of benzene rings is 1. The van der Waals surface area contributed by atoms with Crippen LogP contribution in [-0.4, -0.2) is 6.18 Å². The molecule has 3 aliphatic rings. The van der Waals surface area contributed by atoms with Crippen LogP contribution in [0.1, 0.15) is 44.1 Å². The molecule has 3 aliphatic carbocycles. The van der Waals surface area contributed by atoms with Crippen molar-refractivity contribution in [2.75, 3.05) is 0 Å².